The van der Waals surface area contributed by atoms with Gasteiger partial charge in [-0.05, 0) is 129 Å². The number of hydrogen-bond acceptors (Lipinski definition) is 6. The molecule has 0 aromatic carbocycles. The minimum absolute atomic E-state index is 0.116. The number of carbonyl (C=O) groups is 2. The van der Waals surface area contributed by atoms with E-state index in [1.165, 1.54) is 142 Å². The molecule has 0 spiro atoms. The number of esters is 2. The van der Waals surface area contributed by atoms with Crippen molar-refractivity contribution < 1.29 is 19.1 Å². The van der Waals surface area contributed by atoms with Crippen LogP contribution in [0.15, 0.2) is 48.6 Å². The first kappa shape index (κ1) is 51.8. The maximum atomic E-state index is 12.6. The number of ether oxygens (including phenoxy) is 2. The van der Waals surface area contributed by atoms with Crippen molar-refractivity contribution in [2.75, 3.05) is 52.5 Å². The lowest BCUT2D eigenvalue weighted by Crippen LogP contribution is -2.31. The Morgan fingerprint density at radius 1 is 0.464 bits per heavy atom. The average molecular weight is 783 g/mol. The van der Waals surface area contributed by atoms with Gasteiger partial charge in [-0.3, -0.25) is 9.59 Å². The molecule has 1 aliphatic heterocycles. The summed E-state index contributed by atoms with van der Waals surface area (Å²) >= 11 is 0. The van der Waals surface area contributed by atoms with E-state index in [-0.39, 0.29) is 11.9 Å². The van der Waals surface area contributed by atoms with E-state index in [4.69, 9.17) is 9.47 Å². The lowest BCUT2D eigenvalue weighted by atomic mass is 10.1. The highest BCUT2D eigenvalue weighted by Gasteiger charge is 2.14. The second-order valence-electron chi connectivity index (χ2n) is 16.2. The molecular formula is C50H90N2O4. The summed E-state index contributed by atoms with van der Waals surface area (Å²) in [6.45, 7) is 11.3. The van der Waals surface area contributed by atoms with Crippen molar-refractivity contribution in [2.24, 2.45) is 0 Å². The molecule has 0 saturated carbocycles. The Bertz CT molecular complexity index is 918. The molecule has 0 aliphatic carbocycles. The van der Waals surface area contributed by atoms with Gasteiger partial charge < -0.3 is 19.3 Å². The molecule has 1 aliphatic rings. The number of nitrogens with zero attached hydrogens (tertiary/aromatic N) is 2. The molecule has 1 fully saturated rings. The lowest BCUT2D eigenvalue weighted by Gasteiger charge is -2.22. The Hall–Kier alpha value is -2.18. The molecule has 0 bridgehead atoms. The normalized spacial score (nSPS) is 13.8. The second-order valence-corrected chi connectivity index (χ2v) is 16.2. The van der Waals surface area contributed by atoms with Crippen molar-refractivity contribution >= 4 is 11.9 Å². The molecule has 6 heteroatoms. The van der Waals surface area contributed by atoms with Crippen LogP contribution in [0, 0.1) is 0 Å². The van der Waals surface area contributed by atoms with Crippen LogP contribution >= 0.6 is 0 Å². The molecule has 1 saturated heterocycles. The van der Waals surface area contributed by atoms with E-state index < -0.39 is 0 Å². The highest BCUT2D eigenvalue weighted by molar-refractivity contribution is 5.70. The van der Waals surface area contributed by atoms with Crippen LogP contribution in [-0.2, 0) is 19.1 Å². The second kappa shape index (κ2) is 42.4. The van der Waals surface area contributed by atoms with E-state index in [0.29, 0.717) is 39.1 Å². The van der Waals surface area contributed by atoms with Gasteiger partial charge in [0.05, 0.1) is 26.1 Å². The molecule has 0 N–H and O–H groups in total. The van der Waals surface area contributed by atoms with Crippen LogP contribution in [0.25, 0.3) is 0 Å². The molecule has 0 aromatic rings. The number of rotatable bonds is 41. The van der Waals surface area contributed by atoms with Crippen molar-refractivity contribution in [3.05, 3.63) is 48.6 Å². The van der Waals surface area contributed by atoms with Gasteiger partial charge in [0.15, 0.2) is 0 Å². The summed E-state index contributed by atoms with van der Waals surface area (Å²) in [5.74, 6) is -0.232. The number of carbonyl (C=O) groups excluding carboxylic acids is 2. The third-order valence-corrected chi connectivity index (χ3v) is 10.9. The standard InChI is InChI=1S/C50H90N2O4/c1-3-5-7-9-11-13-15-17-19-21-23-25-27-29-31-37-47-55-49(53)39-45-52(44-36-35-43-51-41-33-34-42-51)46-40-50(54)56-48-38-32-30-28-26-24-22-20-18-16-14-12-10-8-6-4-2/h11-14,17-20H,3-10,15-16,21-48H2,1-2H3/b13-11-,14-12-,19-17-,20-18-. The molecule has 0 atom stereocenters. The maximum Gasteiger partial charge on any atom is 0.307 e. The molecule has 0 aromatic heterocycles. The van der Waals surface area contributed by atoms with Gasteiger partial charge in [0.2, 0.25) is 0 Å². The molecule has 1 rings (SSSR count). The first-order chi connectivity index (χ1) is 27.7. The van der Waals surface area contributed by atoms with Crippen molar-refractivity contribution in [2.45, 2.75) is 206 Å². The first-order valence-electron chi connectivity index (χ1n) is 24.0. The molecule has 324 valence electrons. The van der Waals surface area contributed by atoms with Crippen LogP contribution < -0.4 is 0 Å². The number of unbranched alkanes of at least 4 members (excludes halogenated alkanes) is 19. The fraction of sp³-hybridized carbons (Fsp3) is 0.800. The fourth-order valence-electron chi connectivity index (χ4n) is 7.21. The summed E-state index contributed by atoms with van der Waals surface area (Å²) in [7, 11) is 0. The zero-order valence-corrected chi connectivity index (χ0v) is 37.0. The summed E-state index contributed by atoms with van der Waals surface area (Å²) < 4.78 is 11.2. The zero-order valence-electron chi connectivity index (χ0n) is 37.0. The summed E-state index contributed by atoms with van der Waals surface area (Å²) in [6, 6.07) is 0. The van der Waals surface area contributed by atoms with Gasteiger partial charge in [0.25, 0.3) is 0 Å². The number of likely N-dealkylation sites (tertiary alicyclic amines) is 1. The summed E-state index contributed by atoms with van der Waals surface area (Å²) in [4.78, 5) is 30.0. The predicted octanol–water partition coefficient (Wildman–Crippen LogP) is 13.7. The molecular weight excluding hydrogens is 693 g/mol. The first-order valence-corrected chi connectivity index (χ1v) is 24.0. The quantitative estimate of drug-likeness (QED) is 0.0350. The molecule has 0 radical (unpaired) electrons. The minimum atomic E-state index is -0.116. The zero-order chi connectivity index (χ0) is 40.3. The summed E-state index contributed by atoms with van der Waals surface area (Å²) in [6.07, 6.45) is 53.1. The average Bonchev–Trinajstić information content (AvgIpc) is 3.73. The summed E-state index contributed by atoms with van der Waals surface area (Å²) in [5.41, 5.74) is 0. The van der Waals surface area contributed by atoms with Crippen molar-refractivity contribution in [3.63, 3.8) is 0 Å². The number of hydrogen-bond donors (Lipinski definition) is 0. The van der Waals surface area contributed by atoms with Gasteiger partial charge in [0.1, 0.15) is 0 Å². The maximum absolute atomic E-state index is 12.6. The van der Waals surface area contributed by atoms with E-state index in [0.717, 1.165) is 64.5 Å². The van der Waals surface area contributed by atoms with Crippen molar-refractivity contribution in [1.82, 2.24) is 9.80 Å². The SMILES string of the molecule is CCCCC/C=C\C/C=C\CCCCCCCCOC(=O)CCN(CCCCN1CCCC1)CCC(=O)OCCCCCCCC/C=C\C/C=C\CCCCC. The lowest BCUT2D eigenvalue weighted by molar-refractivity contribution is -0.144. The predicted molar refractivity (Wildman–Crippen MR) is 241 cm³/mol. The largest absolute Gasteiger partial charge is 0.466 e. The van der Waals surface area contributed by atoms with E-state index in [1.54, 1.807) is 0 Å². The van der Waals surface area contributed by atoms with Crippen LogP contribution in [0.1, 0.15) is 206 Å². The topological polar surface area (TPSA) is 59.1 Å². The highest BCUT2D eigenvalue weighted by atomic mass is 16.5. The molecule has 1 heterocycles. The minimum Gasteiger partial charge on any atom is -0.466 e. The van der Waals surface area contributed by atoms with Gasteiger partial charge in [-0.1, -0.05) is 140 Å². The van der Waals surface area contributed by atoms with E-state index in [9.17, 15) is 9.59 Å². The number of allylic oxidation sites excluding steroid dienone is 8. The molecule has 56 heavy (non-hydrogen) atoms. The Morgan fingerprint density at radius 3 is 1.29 bits per heavy atom. The van der Waals surface area contributed by atoms with Gasteiger partial charge in [-0.2, -0.15) is 0 Å². The third-order valence-electron chi connectivity index (χ3n) is 10.9. The van der Waals surface area contributed by atoms with E-state index in [1.807, 2.05) is 0 Å². The Morgan fingerprint density at radius 2 is 0.857 bits per heavy atom. The smallest absolute Gasteiger partial charge is 0.307 e. The van der Waals surface area contributed by atoms with E-state index >= 15 is 0 Å². The monoisotopic (exact) mass is 783 g/mol. The highest BCUT2D eigenvalue weighted by Crippen LogP contribution is 2.12. The molecule has 0 amide bonds. The summed E-state index contributed by atoms with van der Waals surface area (Å²) in [5, 5.41) is 0. The van der Waals surface area contributed by atoms with Crippen LogP contribution in [0.2, 0.25) is 0 Å². The van der Waals surface area contributed by atoms with E-state index in [2.05, 4.69) is 72.3 Å². The van der Waals surface area contributed by atoms with Gasteiger partial charge in [0, 0.05) is 13.1 Å². The molecule has 0 unspecified atom stereocenters. The van der Waals surface area contributed by atoms with Crippen LogP contribution in [0.5, 0.6) is 0 Å². The van der Waals surface area contributed by atoms with Crippen LogP contribution in [-0.4, -0.2) is 74.2 Å². The third kappa shape index (κ3) is 37.4. The van der Waals surface area contributed by atoms with Gasteiger partial charge in [-0.15, -0.1) is 0 Å². The molecule has 6 nitrogen and oxygen atoms in total. The fourth-order valence-corrected chi connectivity index (χ4v) is 7.21. The Labute approximate surface area is 347 Å². The van der Waals surface area contributed by atoms with Crippen molar-refractivity contribution in [1.29, 1.82) is 0 Å². The van der Waals surface area contributed by atoms with Crippen LogP contribution in [0.3, 0.4) is 0 Å². The van der Waals surface area contributed by atoms with Crippen molar-refractivity contribution in [3.8, 4) is 0 Å². The Kier molecular flexibility index (Phi) is 39.3. The van der Waals surface area contributed by atoms with Gasteiger partial charge in [-0.25, -0.2) is 0 Å². The Balaban J connectivity index is 2.12. The van der Waals surface area contributed by atoms with Crippen LogP contribution in [0.4, 0.5) is 0 Å². The van der Waals surface area contributed by atoms with Gasteiger partial charge >= 0.3 is 11.9 Å².